The van der Waals surface area contributed by atoms with E-state index >= 15 is 0 Å². The van der Waals surface area contributed by atoms with E-state index in [0.717, 1.165) is 68.8 Å². The molecule has 2 fully saturated rings. The van der Waals surface area contributed by atoms with Crippen LogP contribution in [0.2, 0.25) is 0 Å². The topological polar surface area (TPSA) is 67.3 Å². The van der Waals surface area contributed by atoms with Crippen molar-refractivity contribution in [3.8, 4) is 0 Å². The highest BCUT2D eigenvalue weighted by molar-refractivity contribution is 5.79. The molecule has 1 N–H and O–H groups in total. The Morgan fingerprint density at radius 3 is 2.79 bits per heavy atom. The Balaban J connectivity index is 1.52. The highest BCUT2D eigenvalue weighted by atomic mass is 16.5. The number of carbonyl (C=O) groups is 1. The number of fused-ring (bicyclic) bond motifs is 1. The lowest BCUT2D eigenvalue weighted by Gasteiger charge is -2.38. The molecule has 154 valence electrons. The van der Waals surface area contributed by atoms with Crippen LogP contribution in [0.1, 0.15) is 76.1 Å². The zero-order valence-electron chi connectivity index (χ0n) is 17.5. The van der Waals surface area contributed by atoms with E-state index in [2.05, 4.69) is 29.0 Å². The third-order valence-electron chi connectivity index (χ3n) is 6.70. The Morgan fingerprint density at radius 2 is 2.04 bits per heavy atom. The Labute approximate surface area is 168 Å². The molecule has 28 heavy (non-hydrogen) atoms. The summed E-state index contributed by atoms with van der Waals surface area (Å²) in [5.74, 6) is 1.07. The third-order valence-corrected chi connectivity index (χ3v) is 6.70. The lowest BCUT2D eigenvalue weighted by molar-refractivity contribution is -0.128. The number of carbonyl (C=O) groups excluding carboxylic acids is 1. The summed E-state index contributed by atoms with van der Waals surface area (Å²) in [6.45, 7) is 6.64. The van der Waals surface area contributed by atoms with Crippen molar-refractivity contribution in [2.24, 2.45) is 11.3 Å². The summed E-state index contributed by atoms with van der Waals surface area (Å²) >= 11 is 0. The molecule has 1 aromatic heterocycles. The minimum atomic E-state index is 0.00167. The molecule has 3 atom stereocenters. The van der Waals surface area contributed by atoms with Gasteiger partial charge < -0.3 is 15.0 Å². The van der Waals surface area contributed by atoms with Crippen LogP contribution in [0.3, 0.4) is 0 Å². The molecule has 2 aliphatic carbocycles. The van der Waals surface area contributed by atoms with Gasteiger partial charge in [-0.1, -0.05) is 20.3 Å². The summed E-state index contributed by atoms with van der Waals surface area (Å²) < 4.78 is 5.51. The number of nitrogens with zero attached hydrogens (tertiary/aromatic N) is 3. The van der Waals surface area contributed by atoms with E-state index in [9.17, 15) is 4.79 Å². The molecule has 4 rings (SSSR count). The summed E-state index contributed by atoms with van der Waals surface area (Å²) in [6, 6.07) is 0.00167. The first-order valence-electron chi connectivity index (χ1n) is 10.9. The van der Waals surface area contributed by atoms with Crippen LogP contribution < -0.4 is 10.2 Å². The summed E-state index contributed by atoms with van der Waals surface area (Å²) in [5, 5.41) is 3.35. The summed E-state index contributed by atoms with van der Waals surface area (Å²) in [5.41, 5.74) is 2.33. The molecule has 3 unspecified atom stereocenters. The first kappa shape index (κ1) is 19.6. The van der Waals surface area contributed by atoms with Gasteiger partial charge in [0.05, 0.1) is 17.8 Å². The quantitative estimate of drug-likeness (QED) is 0.859. The fraction of sp³-hybridized carbons (Fsp3) is 0.773. The Hall–Kier alpha value is -1.69. The van der Waals surface area contributed by atoms with Crippen LogP contribution in [0, 0.1) is 11.3 Å². The van der Waals surface area contributed by atoms with Gasteiger partial charge >= 0.3 is 0 Å². The van der Waals surface area contributed by atoms with E-state index in [0.29, 0.717) is 0 Å². The zero-order chi connectivity index (χ0) is 19.7. The first-order chi connectivity index (χ1) is 13.4. The Morgan fingerprint density at radius 1 is 1.25 bits per heavy atom. The number of methoxy groups -OCH3 is 1. The van der Waals surface area contributed by atoms with E-state index in [4.69, 9.17) is 9.72 Å². The molecule has 0 aromatic carbocycles. The zero-order valence-corrected chi connectivity index (χ0v) is 17.5. The highest BCUT2D eigenvalue weighted by Gasteiger charge is 2.36. The molecule has 1 aliphatic heterocycles. The van der Waals surface area contributed by atoms with Gasteiger partial charge in [-0.25, -0.2) is 9.97 Å². The van der Waals surface area contributed by atoms with Crippen molar-refractivity contribution in [1.29, 1.82) is 0 Å². The Kier molecular flexibility index (Phi) is 5.59. The molecule has 0 bridgehead atoms. The van der Waals surface area contributed by atoms with Gasteiger partial charge in [-0.3, -0.25) is 4.79 Å². The highest BCUT2D eigenvalue weighted by Crippen LogP contribution is 2.40. The molecular formula is C22H34N4O2. The second-order valence-electron chi connectivity index (χ2n) is 9.59. The van der Waals surface area contributed by atoms with Crippen LogP contribution >= 0.6 is 0 Å². The van der Waals surface area contributed by atoms with Crippen molar-refractivity contribution < 1.29 is 9.53 Å². The third kappa shape index (κ3) is 4.17. The van der Waals surface area contributed by atoms with Crippen molar-refractivity contribution in [3.63, 3.8) is 0 Å². The van der Waals surface area contributed by atoms with E-state index in [1.54, 1.807) is 7.11 Å². The molecule has 6 nitrogen and oxygen atoms in total. The van der Waals surface area contributed by atoms with Gasteiger partial charge in [0.15, 0.2) is 0 Å². The van der Waals surface area contributed by atoms with Crippen LogP contribution in [-0.2, 0) is 16.0 Å². The molecule has 0 spiro atoms. The SMILES string of the molecule is COC1CCCC(C(=O)NC2CC(C)(C)Cc3nc(N4CCCC4)ncc32)C1. The largest absolute Gasteiger partial charge is 0.381 e. The number of rotatable bonds is 4. The fourth-order valence-corrected chi connectivity index (χ4v) is 5.12. The predicted octanol–water partition coefficient (Wildman–Crippen LogP) is 3.41. The average molecular weight is 387 g/mol. The summed E-state index contributed by atoms with van der Waals surface area (Å²) in [7, 11) is 1.75. The van der Waals surface area contributed by atoms with Gasteiger partial charge in [-0.15, -0.1) is 0 Å². The maximum absolute atomic E-state index is 13.0. The van der Waals surface area contributed by atoms with Crippen LogP contribution in [0.25, 0.3) is 0 Å². The molecule has 3 aliphatic rings. The molecule has 2 heterocycles. The number of aromatic nitrogens is 2. The van der Waals surface area contributed by atoms with Crippen molar-refractivity contribution in [2.75, 3.05) is 25.1 Å². The van der Waals surface area contributed by atoms with Crippen molar-refractivity contribution >= 4 is 11.9 Å². The second kappa shape index (κ2) is 7.97. The van der Waals surface area contributed by atoms with Gasteiger partial charge in [-0.2, -0.15) is 0 Å². The minimum absolute atomic E-state index is 0.00167. The van der Waals surface area contributed by atoms with Crippen LogP contribution in [0.4, 0.5) is 5.95 Å². The number of hydrogen-bond acceptors (Lipinski definition) is 5. The van der Waals surface area contributed by atoms with Crippen LogP contribution in [0.5, 0.6) is 0 Å². The predicted molar refractivity (Wildman–Crippen MR) is 109 cm³/mol. The van der Waals surface area contributed by atoms with Gasteiger partial charge in [-0.05, 0) is 50.4 Å². The molecule has 6 heteroatoms. The van der Waals surface area contributed by atoms with Crippen molar-refractivity contribution in [1.82, 2.24) is 15.3 Å². The van der Waals surface area contributed by atoms with E-state index < -0.39 is 0 Å². The number of nitrogens with one attached hydrogen (secondary N) is 1. The average Bonchev–Trinajstić information content (AvgIpc) is 3.21. The van der Waals surface area contributed by atoms with Crippen LogP contribution in [-0.4, -0.2) is 42.2 Å². The maximum Gasteiger partial charge on any atom is 0.225 e. The molecule has 0 radical (unpaired) electrons. The minimum Gasteiger partial charge on any atom is -0.381 e. The number of hydrogen-bond donors (Lipinski definition) is 1. The normalized spacial score (nSPS) is 29.4. The fourth-order valence-electron chi connectivity index (χ4n) is 5.12. The number of anilines is 1. The van der Waals surface area contributed by atoms with Gasteiger partial charge in [0.2, 0.25) is 11.9 Å². The second-order valence-corrected chi connectivity index (χ2v) is 9.59. The standard InChI is InChI=1S/C22H34N4O2/c1-22(2)12-18(24-20(27)15-7-6-8-16(11-15)28-3)17-14-23-21(25-19(17)13-22)26-9-4-5-10-26/h14-16,18H,4-13H2,1-3H3,(H,24,27). The number of ether oxygens (including phenoxy) is 1. The smallest absolute Gasteiger partial charge is 0.225 e. The van der Waals surface area contributed by atoms with Gasteiger partial charge in [0, 0.05) is 37.9 Å². The molecule has 1 saturated heterocycles. The van der Waals surface area contributed by atoms with Gasteiger partial charge in [0.25, 0.3) is 0 Å². The molecule has 1 amide bonds. The first-order valence-corrected chi connectivity index (χ1v) is 10.9. The molecule has 1 aromatic rings. The lowest BCUT2D eigenvalue weighted by Crippen LogP contribution is -2.41. The van der Waals surface area contributed by atoms with Gasteiger partial charge in [0.1, 0.15) is 0 Å². The lowest BCUT2D eigenvalue weighted by atomic mass is 9.74. The summed E-state index contributed by atoms with van der Waals surface area (Å²) in [4.78, 5) is 24.9. The summed E-state index contributed by atoms with van der Waals surface area (Å²) in [6.07, 6.45) is 10.4. The van der Waals surface area contributed by atoms with Crippen molar-refractivity contribution in [2.45, 2.75) is 77.4 Å². The molecular weight excluding hydrogens is 352 g/mol. The van der Waals surface area contributed by atoms with E-state index in [1.165, 1.54) is 12.8 Å². The molecule has 1 saturated carbocycles. The monoisotopic (exact) mass is 386 g/mol. The van der Waals surface area contributed by atoms with E-state index in [1.807, 2.05) is 6.20 Å². The Bertz CT molecular complexity index is 714. The van der Waals surface area contributed by atoms with Crippen LogP contribution in [0.15, 0.2) is 6.20 Å². The van der Waals surface area contributed by atoms with E-state index in [-0.39, 0.29) is 29.4 Å². The van der Waals surface area contributed by atoms with Crippen molar-refractivity contribution in [3.05, 3.63) is 17.5 Å². The maximum atomic E-state index is 13.0. The number of amides is 1.